The van der Waals surface area contributed by atoms with E-state index in [0.717, 1.165) is 72.2 Å². The highest BCUT2D eigenvalue weighted by Gasteiger charge is 2.50. The molecule has 3 aliphatic rings. The van der Waals surface area contributed by atoms with E-state index in [-0.39, 0.29) is 31.1 Å². The van der Waals surface area contributed by atoms with Gasteiger partial charge in [0.15, 0.2) is 6.29 Å². The van der Waals surface area contributed by atoms with Crippen LogP contribution in [-0.4, -0.2) is 52.2 Å². The van der Waals surface area contributed by atoms with Crippen LogP contribution in [0.2, 0.25) is 0 Å². The van der Waals surface area contributed by atoms with Gasteiger partial charge in [-0.25, -0.2) is 0 Å². The molecule has 3 aromatic carbocycles. The Morgan fingerprint density at radius 2 is 1.57 bits per heavy atom. The smallest absolute Gasteiger partial charge is 0.303 e. The van der Waals surface area contributed by atoms with Crippen molar-refractivity contribution in [1.82, 2.24) is 10.2 Å². The van der Waals surface area contributed by atoms with Crippen LogP contribution >= 0.6 is 0 Å². The topological polar surface area (TPSA) is 108 Å². The van der Waals surface area contributed by atoms with Crippen molar-refractivity contribution >= 4 is 11.9 Å². The van der Waals surface area contributed by atoms with E-state index in [1.807, 2.05) is 24.3 Å². The van der Waals surface area contributed by atoms with E-state index in [1.54, 1.807) is 0 Å². The van der Waals surface area contributed by atoms with E-state index in [1.165, 1.54) is 19.3 Å². The summed E-state index contributed by atoms with van der Waals surface area (Å²) in [5.74, 6) is -0.757. The third kappa shape index (κ3) is 10.1. The van der Waals surface area contributed by atoms with E-state index in [9.17, 15) is 14.7 Å². The Morgan fingerprint density at radius 3 is 2.31 bits per heavy atom. The van der Waals surface area contributed by atoms with Crippen LogP contribution < -0.4 is 5.32 Å². The van der Waals surface area contributed by atoms with Gasteiger partial charge >= 0.3 is 5.97 Å². The molecule has 5 unspecified atom stereocenters. The molecule has 1 saturated carbocycles. The minimum atomic E-state index is -0.769. The second kappa shape index (κ2) is 16.4. The van der Waals surface area contributed by atoms with Crippen LogP contribution in [0.1, 0.15) is 120 Å². The van der Waals surface area contributed by atoms with Gasteiger partial charge in [-0.05, 0) is 82.9 Å². The molecule has 8 nitrogen and oxygen atoms in total. The maximum absolute atomic E-state index is 12.5. The summed E-state index contributed by atoms with van der Waals surface area (Å²) >= 11 is 0. The number of benzene rings is 3. The van der Waals surface area contributed by atoms with Crippen molar-refractivity contribution in [2.24, 2.45) is 10.8 Å². The average molecular weight is 697 g/mol. The zero-order valence-corrected chi connectivity index (χ0v) is 30.6. The lowest BCUT2D eigenvalue weighted by Crippen LogP contribution is -2.42. The molecule has 51 heavy (non-hydrogen) atoms. The first-order valence-electron chi connectivity index (χ1n) is 18.9. The summed E-state index contributed by atoms with van der Waals surface area (Å²) in [4.78, 5) is 25.8. The Kier molecular flexibility index (Phi) is 12.0. The van der Waals surface area contributed by atoms with Crippen LogP contribution in [0.4, 0.5) is 0 Å². The Balaban J connectivity index is 1.13. The number of unbranched alkanes of at least 4 members (excludes halogenated alkanes) is 3. The number of nitrogens with one attached hydrogen (secondary N) is 1. The Labute approximate surface area is 303 Å². The molecule has 5 atom stereocenters. The number of aliphatic hydroxyl groups is 1. The minimum absolute atomic E-state index is 0.0116. The van der Waals surface area contributed by atoms with Gasteiger partial charge in [-0.2, -0.15) is 0 Å². The van der Waals surface area contributed by atoms with E-state index in [2.05, 4.69) is 79.5 Å². The number of likely N-dealkylation sites (tertiary alicyclic amines) is 1. The van der Waals surface area contributed by atoms with Crippen molar-refractivity contribution < 1.29 is 29.3 Å². The fourth-order valence-corrected chi connectivity index (χ4v) is 9.01. The van der Waals surface area contributed by atoms with Crippen LogP contribution in [0.15, 0.2) is 72.8 Å². The van der Waals surface area contributed by atoms with Crippen LogP contribution in [0, 0.1) is 10.8 Å². The zero-order chi connectivity index (χ0) is 36.0. The highest BCUT2D eigenvalue weighted by atomic mass is 16.7. The normalized spacial score (nSPS) is 25.8. The van der Waals surface area contributed by atoms with E-state index in [0.29, 0.717) is 36.3 Å². The first-order valence-corrected chi connectivity index (χ1v) is 18.9. The molecular formula is C43H56N2O6. The van der Waals surface area contributed by atoms with Crippen molar-refractivity contribution in [2.75, 3.05) is 13.1 Å². The molecule has 3 fully saturated rings. The minimum Gasteiger partial charge on any atom is -0.481 e. The van der Waals surface area contributed by atoms with Gasteiger partial charge in [0.1, 0.15) is 0 Å². The molecule has 3 aromatic rings. The monoisotopic (exact) mass is 696 g/mol. The van der Waals surface area contributed by atoms with Crippen molar-refractivity contribution in [2.45, 2.75) is 123 Å². The predicted octanol–water partition coefficient (Wildman–Crippen LogP) is 8.33. The molecule has 1 amide bonds. The second-order valence-electron chi connectivity index (χ2n) is 16.4. The number of ether oxygens (including phenoxy) is 2. The van der Waals surface area contributed by atoms with E-state index in [4.69, 9.17) is 14.6 Å². The molecule has 3 N–H and O–H groups in total. The van der Waals surface area contributed by atoms with Crippen molar-refractivity contribution in [3.05, 3.63) is 95.1 Å². The van der Waals surface area contributed by atoms with Crippen molar-refractivity contribution in [1.29, 1.82) is 0 Å². The molecule has 2 heterocycles. The number of rotatable bonds is 15. The van der Waals surface area contributed by atoms with Crippen LogP contribution in [-0.2, 0) is 32.2 Å². The molecule has 274 valence electrons. The predicted molar refractivity (Wildman–Crippen MR) is 199 cm³/mol. The van der Waals surface area contributed by atoms with Gasteiger partial charge in [0.2, 0.25) is 5.91 Å². The molecule has 1 aliphatic carbocycles. The quantitative estimate of drug-likeness (QED) is 0.137. The number of carboxylic acid groups (broad SMARTS) is 1. The Hall–Kier alpha value is -3.56. The summed E-state index contributed by atoms with van der Waals surface area (Å²) in [5, 5.41) is 21.5. The molecule has 8 heteroatoms. The molecule has 0 spiro atoms. The van der Waals surface area contributed by atoms with Gasteiger partial charge in [0.25, 0.3) is 0 Å². The number of aliphatic carboxylic acids is 1. The van der Waals surface area contributed by atoms with Crippen molar-refractivity contribution in [3.8, 4) is 11.1 Å². The van der Waals surface area contributed by atoms with Gasteiger partial charge in [-0.3, -0.25) is 14.5 Å². The average Bonchev–Trinajstić information content (AvgIpc) is 3.35. The van der Waals surface area contributed by atoms with Gasteiger partial charge in [0, 0.05) is 50.5 Å². The van der Waals surface area contributed by atoms with E-state index >= 15 is 0 Å². The lowest BCUT2D eigenvalue weighted by Gasteiger charge is -2.41. The molecule has 2 bridgehead atoms. The first-order chi connectivity index (χ1) is 24.5. The third-order valence-electron chi connectivity index (χ3n) is 11.0. The summed E-state index contributed by atoms with van der Waals surface area (Å²) in [6.45, 7) is 9.78. The summed E-state index contributed by atoms with van der Waals surface area (Å²) in [6.07, 6.45) is 7.61. The number of carboxylic acids is 1. The Bertz CT molecular complexity index is 1640. The Morgan fingerprint density at radius 1 is 0.843 bits per heavy atom. The number of nitrogens with zero attached hydrogens (tertiary/aromatic N) is 1. The largest absolute Gasteiger partial charge is 0.481 e. The SMILES string of the molecule is CC1(C)CC2CC(C)(CN2CC2CC(c3ccc(CO)cc3)OC(c3cccc(-c4cccc(CNC(=O)CCCCCCC(=O)O)c4)c3)O2)C1. The maximum atomic E-state index is 12.5. The number of amides is 1. The van der Waals surface area contributed by atoms with Gasteiger partial charge in [-0.1, -0.05) is 94.3 Å². The molecule has 0 radical (unpaired) electrons. The van der Waals surface area contributed by atoms with Gasteiger partial charge in [0.05, 0.1) is 18.8 Å². The van der Waals surface area contributed by atoms with Crippen LogP contribution in [0.3, 0.4) is 0 Å². The number of fused-ring (bicyclic) bond motifs is 2. The summed E-state index contributed by atoms with van der Waals surface area (Å²) in [6, 6.07) is 25.4. The van der Waals surface area contributed by atoms with Crippen LogP contribution in [0.25, 0.3) is 11.1 Å². The standard InChI is InChI=1S/C43H56N2O6/c1-42(2)23-36-24-43(3,28-42)29-45(36)26-37-22-38(32-18-16-30(27-46)17-19-32)51-41(50-37)35-13-9-12-34(21-35)33-11-8-10-31(20-33)25-44-39(47)14-6-4-5-7-15-40(48)49/h8-13,16-21,36-38,41,46H,4-7,14-15,22-29H2,1-3H3,(H,44,47)(H,48,49). The lowest BCUT2D eigenvalue weighted by molar-refractivity contribution is -0.253. The van der Waals surface area contributed by atoms with Crippen molar-refractivity contribution in [3.63, 3.8) is 0 Å². The zero-order valence-electron chi connectivity index (χ0n) is 30.6. The maximum Gasteiger partial charge on any atom is 0.303 e. The van der Waals surface area contributed by atoms with Gasteiger partial charge in [-0.15, -0.1) is 0 Å². The summed E-state index contributed by atoms with van der Waals surface area (Å²) in [7, 11) is 0. The molecule has 2 saturated heterocycles. The number of aliphatic hydroxyl groups excluding tert-OH is 1. The number of hydrogen-bond donors (Lipinski definition) is 3. The van der Waals surface area contributed by atoms with E-state index < -0.39 is 12.3 Å². The highest BCUT2D eigenvalue weighted by Crippen LogP contribution is 2.53. The lowest BCUT2D eigenvalue weighted by atomic mass is 9.65. The third-order valence-corrected chi connectivity index (χ3v) is 11.0. The number of hydrogen-bond acceptors (Lipinski definition) is 6. The fourth-order valence-electron chi connectivity index (χ4n) is 9.01. The summed E-state index contributed by atoms with van der Waals surface area (Å²) in [5.41, 5.74) is 6.82. The second-order valence-corrected chi connectivity index (χ2v) is 16.4. The number of carbonyl (C=O) groups excluding carboxylic acids is 1. The fraction of sp³-hybridized carbons (Fsp3) is 0.535. The first kappa shape index (κ1) is 37.2. The molecule has 6 rings (SSSR count). The summed E-state index contributed by atoms with van der Waals surface area (Å²) < 4.78 is 13.6. The van der Waals surface area contributed by atoms with Gasteiger partial charge < -0.3 is 25.0 Å². The molecule has 2 aliphatic heterocycles. The highest BCUT2D eigenvalue weighted by molar-refractivity contribution is 5.76. The molecule has 0 aromatic heterocycles. The number of carbonyl (C=O) groups is 2. The molecular weight excluding hydrogens is 640 g/mol. The van der Waals surface area contributed by atoms with Crippen LogP contribution in [0.5, 0.6) is 0 Å².